The fraction of sp³-hybridized carbons (Fsp3) is 0.562. The van der Waals surface area contributed by atoms with Crippen molar-refractivity contribution < 1.29 is 13.6 Å². The van der Waals surface area contributed by atoms with Crippen molar-refractivity contribution in [2.24, 2.45) is 17.6 Å². The summed E-state index contributed by atoms with van der Waals surface area (Å²) < 4.78 is 26.6. The average molecular weight is 294 g/mol. The summed E-state index contributed by atoms with van der Waals surface area (Å²) >= 11 is 0. The van der Waals surface area contributed by atoms with E-state index < -0.39 is 11.6 Å². The van der Waals surface area contributed by atoms with Gasteiger partial charge in [0.15, 0.2) is 0 Å². The SMILES string of the molecule is NCC1CCCC1NC(=O)C1CC1c1ccc(F)cc1F. The van der Waals surface area contributed by atoms with Crippen LogP contribution in [0.3, 0.4) is 0 Å². The molecule has 4 unspecified atom stereocenters. The molecule has 114 valence electrons. The molecule has 0 radical (unpaired) electrons. The van der Waals surface area contributed by atoms with Gasteiger partial charge >= 0.3 is 0 Å². The molecular formula is C16H20F2N2O. The Morgan fingerprint density at radius 2 is 2.14 bits per heavy atom. The smallest absolute Gasteiger partial charge is 0.223 e. The molecule has 2 aliphatic rings. The molecule has 2 aliphatic carbocycles. The van der Waals surface area contributed by atoms with Gasteiger partial charge in [-0.15, -0.1) is 0 Å². The molecule has 5 heteroatoms. The van der Waals surface area contributed by atoms with Crippen LogP contribution in [0.5, 0.6) is 0 Å². The van der Waals surface area contributed by atoms with Crippen LogP contribution in [0.2, 0.25) is 0 Å². The van der Waals surface area contributed by atoms with Gasteiger partial charge in [0, 0.05) is 18.0 Å². The van der Waals surface area contributed by atoms with Crippen LogP contribution in [0.15, 0.2) is 18.2 Å². The van der Waals surface area contributed by atoms with Crippen LogP contribution in [0.25, 0.3) is 0 Å². The standard InChI is InChI=1S/C16H20F2N2O/c17-10-4-5-11(14(18)6-10)12-7-13(12)16(21)20-15-3-1-2-9(15)8-19/h4-6,9,12-13,15H,1-3,7-8,19H2,(H,20,21). The van der Waals surface area contributed by atoms with Crippen molar-refractivity contribution in [2.75, 3.05) is 6.54 Å². The second kappa shape index (κ2) is 5.72. The number of hydrogen-bond acceptors (Lipinski definition) is 2. The lowest BCUT2D eigenvalue weighted by Crippen LogP contribution is -2.40. The maximum Gasteiger partial charge on any atom is 0.223 e. The van der Waals surface area contributed by atoms with Gasteiger partial charge in [-0.2, -0.15) is 0 Å². The maximum atomic E-state index is 13.7. The minimum atomic E-state index is -0.588. The molecule has 0 aromatic heterocycles. The fourth-order valence-corrected chi connectivity index (χ4v) is 3.43. The summed E-state index contributed by atoms with van der Waals surface area (Å²) in [6.07, 6.45) is 3.75. The van der Waals surface area contributed by atoms with Gasteiger partial charge in [-0.1, -0.05) is 12.5 Å². The molecular weight excluding hydrogens is 274 g/mol. The Kier molecular flexibility index (Phi) is 3.93. The van der Waals surface area contributed by atoms with E-state index in [1.165, 1.54) is 12.1 Å². The first-order valence-corrected chi connectivity index (χ1v) is 7.55. The molecule has 1 amide bonds. The predicted octanol–water partition coefficient (Wildman–Crippen LogP) is 2.31. The highest BCUT2D eigenvalue weighted by atomic mass is 19.1. The normalized spacial score (nSPS) is 31.2. The maximum absolute atomic E-state index is 13.7. The summed E-state index contributed by atoms with van der Waals surface area (Å²) in [5.74, 6) is -1.12. The number of benzene rings is 1. The quantitative estimate of drug-likeness (QED) is 0.895. The number of carbonyl (C=O) groups is 1. The Balaban J connectivity index is 1.61. The first kappa shape index (κ1) is 14.4. The molecule has 3 nitrogen and oxygen atoms in total. The Labute approximate surface area is 122 Å². The third-order valence-corrected chi connectivity index (χ3v) is 4.78. The predicted molar refractivity (Wildman–Crippen MR) is 75.5 cm³/mol. The number of rotatable bonds is 4. The zero-order valence-corrected chi connectivity index (χ0v) is 11.8. The van der Waals surface area contributed by atoms with Gasteiger partial charge in [-0.3, -0.25) is 4.79 Å². The van der Waals surface area contributed by atoms with E-state index in [1.807, 2.05) is 0 Å². The molecule has 1 aromatic rings. The average Bonchev–Trinajstić information content (AvgIpc) is 3.11. The Bertz CT molecular complexity index is 549. The van der Waals surface area contributed by atoms with Crippen LogP contribution in [0.4, 0.5) is 8.78 Å². The van der Waals surface area contributed by atoms with E-state index in [9.17, 15) is 13.6 Å². The summed E-state index contributed by atoms with van der Waals surface area (Å²) in [5, 5.41) is 3.06. The van der Waals surface area contributed by atoms with E-state index in [0.29, 0.717) is 24.4 Å². The molecule has 0 bridgehead atoms. The molecule has 4 atom stereocenters. The minimum Gasteiger partial charge on any atom is -0.353 e. The third kappa shape index (κ3) is 2.93. The number of halogens is 2. The van der Waals surface area contributed by atoms with E-state index in [4.69, 9.17) is 5.73 Å². The van der Waals surface area contributed by atoms with Crippen molar-refractivity contribution in [3.8, 4) is 0 Å². The number of nitrogens with two attached hydrogens (primary N) is 1. The van der Waals surface area contributed by atoms with E-state index in [-0.39, 0.29) is 23.8 Å². The van der Waals surface area contributed by atoms with Crippen LogP contribution in [0, 0.1) is 23.5 Å². The zero-order valence-electron chi connectivity index (χ0n) is 11.8. The van der Waals surface area contributed by atoms with Gasteiger partial charge in [0.05, 0.1) is 0 Å². The number of carbonyl (C=O) groups excluding carboxylic acids is 1. The van der Waals surface area contributed by atoms with Crippen LogP contribution in [-0.2, 0) is 4.79 Å². The summed E-state index contributed by atoms with van der Waals surface area (Å²) in [6.45, 7) is 0.589. The second-order valence-electron chi connectivity index (χ2n) is 6.16. The fourth-order valence-electron chi connectivity index (χ4n) is 3.43. The van der Waals surface area contributed by atoms with Gasteiger partial charge in [-0.25, -0.2) is 8.78 Å². The molecule has 0 saturated heterocycles. The largest absolute Gasteiger partial charge is 0.353 e. The monoisotopic (exact) mass is 294 g/mol. The molecule has 0 heterocycles. The Hall–Kier alpha value is -1.49. The van der Waals surface area contributed by atoms with Gasteiger partial charge in [-0.05, 0) is 49.3 Å². The van der Waals surface area contributed by atoms with E-state index in [1.54, 1.807) is 0 Å². The van der Waals surface area contributed by atoms with E-state index in [2.05, 4.69) is 5.32 Å². The second-order valence-corrected chi connectivity index (χ2v) is 6.16. The minimum absolute atomic E-state index is 0.0194. The van der Waals surface area contributed by atoms with Crippen molar-refractivity contribution in [1.29, 1.82) is 0 Å². The first-order valence-electron chi connectivity index (χ1n) is 7.55. The molecule has 0 aliphatic heterocycles. The van der Waals surface area contributed by atoms with Crippen LogP contribution < -0.4 is 11.1 Å². The van der Waals surface area contributed by atoms with Gasteiger partial charge in [0.2, 0.25) is 5.91 Å². The first-order chi connectivity index (χ1) is 10.1. The van der Waals surface area contributed by atoms with Crippen molar-refractivity contribution in [3.05, 3.63) is 35.4 Å². The highest BCUT2D eigenvalue weighted by molar-refractivity contribution is 5.83. The summed E-state index contributed by atoms with van der Waals surface area (Å²) in [5.41, 5.74) is 6.15. The van der Waals surface area contributed by atoms with Gasteiger partial charge in [0.1, 0.15) is 11.6 Å². The summed E-state index contributed by atoms with van der Waals surface area (Å²) in [4.78, 5) is 12.2. The van der Waals surface area contributed by atoms with Crippen molar-refractivity contribution in [2.45, 2.75) is 37.6 Å². The number of amides is 1. The van der Waals surface area contributed by atoms with Crippen molar-refractivity contribution >= 4 is 5.91 Å². The molecule has 2 fully saturated rings. The van der Waals surface area contributed by atoms with E-state index in [0.717, 1.165) is 25.3 Å². The van der Waals surface area contributed by atoms with E-state index >= 15 is 0 Å². The number of hydrogen-bond donors (Lipinski definition) is 2. The third-order valence-electron chi connectivity index (χ3n) is 4.78. The zero-order chi connectivity index (χ0) is 15.0. The summed E-state index contributed by atoms with van der Waals surface area (Å²) in [6, 6.07) is 3.72. The lowest BCUT2D eigenvalue weighted by atomic mass is 10.0. The van der Waals surface area contributed by atoms with Crippen LogP contribution >= 0.6 is 0 Å². The van der Waals surface area contributed by atoms with Crippen LogP contribution in [-0.4, -0.2) is 18.5 Å². The Morgan fingerprint density at radius 1 is 1.33 bits per heavy atom. The highest BCUT2D eigenvalue weighted by Gasteiger charge is 2.46. The van der Waals surface area contributed by atoms with Crippen molar-refractivity contribution in [1.82, 2.24) is 5.32 Å². The highest BCUT2D eigenvalue weighted by Crippen LogP contribution is 2.48. The number of nitrogens with one attached hydrogen (secondary N) is 1. The molecule has 3 rings (SSSR count). The molecule has 3 N–H and O–H groups in total. The molecule has 2 saturated carbocycles. The lowest BCUT2D eigenvalue weighted by Gasteiger charge is -2.19. The van der Waals surface area contributed by atoms with Crippen LogP contribution in [0.1, 0.15) is 37.2 Å². The Morgan fingerprint density at radius 3 is 2.86 bits per heavy atom. The topological polar surface area (TPSA) is 55.1 Å². The van der Waals surface area contributed by atoms with Gasteiger partial charge < -0.3 is 11.1 Å². The lowest BCUT2D eigenvalue weighted by molar-refractivity contribution is -0.123. The van der Waals surface area contributed by atoms with Gasteiger partial charge in [0.25, 0.3) is 0 Å². The molecule has 0 spiro atoms. The molecule has 21 heavy (non-hydrogen) atoms. The van der Waals surface area contributed by atoms with Crippen molar-refractivity contribution in [3.63, 3.8) is 0 Å². The summed E-state index contributed by atoms with van der Waals surface area (Å²) in [7, 11) is 0. The molecule has 1 aromatic carbocycles.